The highest BCUT2D eigenvalue weighted by Gasteiger charge is 2.13. The number of nitrogens with one attached hydrogen (secondary N) is 1. The average Bonchev–Trinajstić information content (AvgIpc) is 2.36. The summed E-state index contributed by atoms with van der Waals surface area (Å²) in [5.74, 6) is 0.896. The maximum Gasteiger partial charge on any atom is 0.119 e. The molecule has 1 N–H and O–H groups in total. The molecule has 0 amide bonds. The molecule has 1 unspecified atom stereocenters. The Morgan fingerprint density at radius 3 is 2.88 bits per heavy atom. The molecule has 0 aliphatic heterocycles. The van der Waals surface area contributed by atoms with Gasteiger partial charge in [-0.3, -0.25) is 0 Å². The van der Waals surface area contributed by atoms with E-state index in [1.165, 1.54) is 5.56 Å². The lowest BCUT2D eigenvalue weighted by molar-refractivity contribution is 0.412. The zero-order chi connectivity index (χ0) is 12.7. The van der Waals surface area contributed by atoms with Gasteiger partial charge in [0.25, 0.3) is 0 Å². The van der Waals surface area contributed by atoms with Crippen molar-refractivity contribution in [1.29, 1.82) is 0 Å². The van der Waals surface area contributed by atoms with Crippen LogP contribution in [0, 0.1) is 0 Å². The molecule has 0 heterocycles. The Morgan fingerprint density at radius 1 is 1.53 bits per heavy atom. The number of methoxy groups -OCH3 is 1. The molecule has 1 aromatic carbocycles. The monoisotopic (exact) mass is 297 g/mol. The van der Waals surface area contributed by atoms with E-state index in [0.717, 1.165) is 29.5 Å². The summed E-state index contributed by atoms with van der Waals surface area (Å²) < 4.78 is 6.39. The second kappa shape index (κ2) is 7.51. The minimum Gasteiger partial charge on any atom is -0.497 e. The van der Waals surface area contributed by atoms with E-state index in [1.807, 2.05) is 25.3 Å². The average molecular weight is 298 g/mol. The predicted octanol–water partition coefficient (Wildman–Crippen LogP) is 4.07. The summed E-state index contributed by atoms with van der Waals surface area (Å²) in [6, 6.07) is 6.43. The molecule has 1 aromatic rings. The second-order valence-electron chi connectivity index (χ2n) is 3.95. The third-order valence-corrected chi connectivity index (χ3v) is 3.55. The molecule has 0 aliphatic rings. The van der Waals surface area contributed by atoms with Gasteiger partial charge in [-0.05, 0) is 50.1 Å². The molecular weight excluding hydrogens is 278 g/mol. The van der Waals surface area contributed by atoms with Crippen LogP contribution in [-0.4, -0.2) is 14.2 Å². The highest BCUT2D eigenvalue weighted by Crippen LogP contribution is 2.30. The SMILES string of the molecule is C=CCCCC(NC)c1cc(OC)ccc1Br. The number of allylic oxidation sites excluding steroid dienone is 1. The highest BCUT2D eigenvalue weighted by atomic mass is 79.9. The van der Waals surface area contributed by atoms with E-state index in [9.17, 15) is 0 Å². The van der Waals surface area contributed by atoms with Crippen LogP contribution >= 0.6 is 15.9 Å². The number of hydrogen-bond acceptors (Lipinski definition) is 2. The van der Waals surface area contributed by atoms with Gasteiger partial charge >= 0.3 is 0 Å². The molecule has 17 heavy (non-hydrogen) atoms. The van der Waals surface area contributed by atoms with Crippen molar-refractivity contribution >= 4 is 15.9 Å². The first-order valence-corrected chi connectivity index (χ1v) is 6.63. The highest BCUT2D eigenvalue weighted by molar-refractivity contribution is 9.10. The quantitative estimate of drug-likeness (QED) is 0.605. The van der Waals surface area contributed by atoms with Crippen LogP contribution in [0.3, 0.4) is 0 Å². The number of rotatable bonds is 7. The fourth-order valence-corrected chi connectivity index (χ4v) is 2.36. The predicted molar refractivity (Wildman–Crippen MR) is 76.5 cm³/mol. The molecule has 0 spiro atoms. The van der Waals surface area contributed by atoms with Crippen LogP contribution in [0.5, 0.6) is 5.75 Å². The van der Waals surface area contributed by atoms with E-state index < -0.39 is 0 Å². The summed E-state index contributed by atoms with van der Waals surface area (Å²) in [6.07, 6.45) is 5.25. The van der Waals surface area contributed by atoms with Crippen LogP contribution in [0.4, 0.5) is 0 Å². The van der Waals surface area contributed by atoms with Crippen molar-refractivity contribution in [3.8, 4) is 5.75 Å². The molecular formula is C14H20BrNO. The second-order valence-corrected chi connectivity index (χ2v) is 4.80. The molecule has 1 rings (SSSR count). The first-order valence-electron chi connectivity index (χ1n) is 5.84. The Labute approximate surface area is 112 Å². The van der Waals surface area contributed by atoms with Crippen molar-refractivity contribution in [1.82, 2.24) is 5.32 Å². The van der Waals surface area contributed by atoms with E-state index in [-0.39, 0.29) is 0 Å². The molecule has 0 aliphatic carbocycles. The fourth-order valence-electron chi connectivity index (χ4n) is 1.84. The smallest absolute Gasteiger partial charge is 0.119 e. The molecule has 1 atom stereocenters. The van der Waals surface area contributed by atoms with Crippen molar-refractivity contribution in [3.05, 3.63) is 40.9 Å². The number of benzene rings is 1. The Bertz CT molecular complexity index is 365. The van der Waals surface area contributed by atoms with Gasteiger partial charge in [0.1, 0.15) is 5.75 Å². The van der Waals surface area contributed by atoms with Gasteiger partial charge in [-0.15, -0.1) is 6.58 Å². The first kappa shape index (κ1) is 14.3. The normalized spacial score (nSPS) is 12.2. The van der Waals surface area contributed by atoms with Gasteiger partial charge in [0.2, 0.25) is 0 Å². The number of halogens is 1. The van der Waals surface area contributed by atoms with Gasteiger partial charge in [-0.1, -0.05) is 22.0 Å². The Hall–Kier alpha value is -0.800. The maximum absolute atomic E-state index is 5.27. The van der Waals surface area contributed by atoms with Crippen molar-refractivity contribution < 1.29 is 4.74 Å². The van der Waals surface area contributed by atoms with E-state index in [2.05, 4.69) is 33.9 Å². The molecule has 94 valence electrons. The minimum atomic E-state index is 0.347. The van der Waals surface area contributed by atoms with E-state index >= 15 is 0 Å². The summed E-state index contributed by atoms with van der Waals surface area (Å²) in [5.41, 5.74) is 1.25. The maximum atomic E-state index is 5.27. The van der Waals surface area contributed by atoms with Gasteiger partial charge in [-0.2, -0.15) is 0 Å². The lowest BCUT2D eigenvalue weighted by Gasteiger charge is -2.18. The van der Waals surface area contributed by atoms with Crippen LogP contribution in [0.2, 0.25) is 0 Å². The molecule has 0 fully saturated rings. The van der Waals surface area contributed by atoms with Crippen LogP contribution < -0.4 is 10.1 Å². The Kier molecular flexibility index (Phi) is 6.30. The zero-order valence-electron chi connectivity index (χ0n) is 10.5. The molecule has 0 radical (unpaired) electrons. The third kappa shape index (κ3) is 4.17. The molecule has 0 saturated carbocycles. The molecule has 0 saturated heterocycles. The minimum absolute atomic E-state index is 0.347. The summed E-state index contributed by atoms with van der Waals surface area (Å²) in [6.45, 7) is 3.75. The van der Waals surface area contributed by atoms with E-state index in [0.29, 0.717) is 6.04 Å². The first-order chi connectivity index (χ1) is 8.22. The largest absolute Gasteiger partial charge is 0.497 e. The van der Waals surface area contributed by atoms with Crippen LogP contribution in [0.1, 0.15) is 30.9 Å². The van der Waals surface area contributed by atoms with Gasteiger partial charge in [0.15, 0.2) is 0 Å². The summed E-state index contributed by atoms with van der Waals surface area (Å²) in [7, 11) is 3.68. The lowest BCUT2D eigenvalue weighted by Crippen LogP contribution is -2.16. The molecule has 2 nitrogen and oxygen atoms in total. The van der Waals surface area contributed by atoms with Gasteiger partial charge < -0.3 is 10.1 Å². The van der Waals surface area contributed by atoms with Crippen LogP contribution in [0.25, 0.3) is 0 Å². The third-order valence-electron chi connectivity index (χ3n) is 2.83. The number of ether oxygens (including phenoxy) is 1. The Morgan fingerprint density at radius 2 is 2.29 bits per heavy atom. The van der Waals surface area contributed by atoms with Gasteiger partial charge in [0, 0.05) is 10.5 Å². The standard InChI is InChI=1S/C14H20BrNO/c1-4-5-6-7-14(16-2)12-10-11(17-3)8-9-13(12)15/h4,8-10,14,16H,1,5-7H2,2-3H3. The topological polar surface area (TPSA) is 21.3 Å². The lowest BCUT2D eigenvalue weighted by atomic mass is 10.0. The van der Waals surface area contributed by atoms with Crippen LogP contribution in [-0.2, 0) is 0 Å². The van der Waals surface area contributed by atoms with Crippen molar-refractivity contribution in [2.45, 2.75) is 25.3 Å². The zero-order valence-corrected chi connectivity index (χ0v) is 12.1. The Balaban J connectivity index is 2.82. The van der Waals surface area contributed by atoms with E-state index in [4.69, 9.17) is 4.74 Å². The van der Waals surface area contributed by atoms with Gasteiger partial charge in [0.05, 0.1) is 7.11 Å². The molecule has 0 bridgehead atoms. The van der Waals surface area contributed by atoms with Gasteiger partial charge in [-0.25, -0.2) is 0 Å². The summed E-state index contributed by atoms with van der Waals surface area (Å²) in [4.78, 5) is 0. The van der Waals surface area contributed by atoms with Crippen molar-refractivity contribution in [3.63, 3.8) is 0 Å². The summed E-state index contributed by atoms with van der Waals surface area (Å²) in [5, 5.41) is 3.35. The number of unbranched alkanes of at least 4 members (excludes halogenated alkanes) is 1. The van der Waals surface area contributed by atoms with Crippen molar-refractivity contribution in [2.75, 3.05) is 14.2 Å². The van der Waals surface area contributed by atoms with Crippen LogP contribution in [0.15, 0.2) is 35.3 Å². The van der Waals surface area contributed by atoms with E-state index in [1.54, 1.807) is 7.11 Å². The molecule has 0 aromatic heterocycles. The summed E-state index contributed by atoms with van der Waals surface area (Å²) >= 11 is 3.59. The van der Waals surface area contributed by atoms with Crippen molar-refractivity contribution in [2.24, 2.45) is 0 Å². The number of hydrogen-bond donors (Lipinski definition) is 1. The molecule has 3 heteroatoms. The fraction of sp³-hybridized carbons (Fsp3) is 0.429.